The molecule has 0 rings (SSSR count). The number of rotatable bonds is 16. The average molecular weight is 398 g/mol. The Balaban J connectivity index is 2.88. The van der Waals surface area contributed by atoms with Crippen molar-refractivity contribution in [2.75, 3.05) is 0 Å². The Hall–Kier alpha value is 1.35. The first-order chi connectivity index (χ1) is 9.41. The summed E-state index contributed by atoms with van der Waals surface area (Å²) in [4.78, 5) is 0. The summed E-state index contributed by atoms with van der Waals surface area (Å²) >= 11 is 1.41. The van der Waals surface area contributed by atoms with Crippen molar-refractivity contribution in [2.45, 2.75) is 112 Å². The van der Waals surface area contributed by atoms with Crippen LogP contribution >= 0.6 is 0 Å². The molecule has 1 heteroatoms. The third-order valence-corrected chi connectivity index (χ3v) is 5.16. The normalized spacial score (nSPS) is 10.9. The first-order valence-corrected chi connectivity index (χ1v) is 11.3. The SMILES string of the molecule is CCCCCCCCCCCCCCCCC[CH2][Nd]. The second-order valence-corrected chi connectivity index (χ2v) is 7.66. The van der Waals surface area contributed by atoms with E-state index < -0.39 is 0 Å². The van der Waals surface area contributed by atoms with Gasteiger partial charge in [0.15, 0.2) is 0 Å². The van der Waals surface area contributed by atoms with Crippen LogP contribution in [0, 0.1) is 38.8 Å². The summed E-state index contributed by atoms with van der Waals surface area (Å²) in [6.07, 6.45) is 23.7. The van der Waals surface area contributed by atoms with Gasteiger partial charge in [0.1, 0.15) is 0 Å². The molecule has 0 bridgehead atoms. The molecule has 19 heavy (non-hydrogen) atoms. The summed E-state index contributed by atoms with van der Waals surface area (Å²) in [6, 6.07) is 0. The van der Waals surface area contributed by atoms with Crippen molar-refractivity contribution < 1.29 is 38.8 Å². The fourth-order valence-electron chi connectivity index (χ4n) is 2.67. The van der Waals surface area contributed by atoms with E-state index in [1.54, 1.807) is 0 Å². The molecule has 0 atom stereocenters. The Morgan fingerprint density at radius 1 is 0.421 bits per heavy atom. The summed E-state index contributed by atoms with van der Waals surface area (Å²) in [5.41, 5.74) is 0. The minimum atomic E-state index is 1.38. The molecule has 0 spiro atoms. The van der Waals surface area contributed by atoms with Crippen LogP contribution in [0.5, 0.6) is 0 Å². The fraction of sp³-hybridized carbons (Fsp3) is 1.00. The summed E-state index contributed by atoms with van der Waals surface area (Å²) in [7, 11) is 0. The van der Waals surface area contributed by atoms with Crippen LogP contribution in [0.15, 0.2) is 0 Å². The molecule has 0 aliphatic heterocycles. The van der Waals surface area contributed by atoms with Crippen LogP contribution in [0.3, 0.4) is 0 Å². The van der Waals surface area contributed by atoms with E-state index in [1.165, 1.54) is 144 Å². The molecule has 113 valence electrons. The van der Waals surface area contributed by atoms with E-state index in [0.29, 0.717) is 0 Å². The summed E-state index contributed by atoms with van der Waals surface area (Å²) in [5.74, 6) is 0. The maximum atomic E-state index is 2.30. The molecule has 0 aromatic rings. The zero-order chi connectivity index (χ0) is 14.0. The van der Waals surface area contributed by atoms with Crippen LogP contribution in [0.1, 0.15) is 110 Å². The zero-order valence-corrected chi connectivity index (χ0v) is 16.7. The Morgan fingerprint density at radius 3 is 0.947 bits per heavy atom. The van der Waals surface area contributed by atoms with Gasteiger partial charge in [-0.2, -0.15) is 0 Å². The third-order valence-electron chi connectivity index (χ3n) is 4.03. The Kier molecular flexibility index (Phi) is 20.7. The van der Waals surface area contributed by atoms with E-state index in [0.717, 1.165) is 0 Å². The molecule has 0 aromatic heterocycles. The summed E-state index contributed by atoms with van der Waals surface area (Å²) < 4.78 is 1.51. The molecule has 0 saturated heterocycles. The van der Waals surface area contributed by atoms with Crippen molar-refractivity contribution in [2.24, 2.45) is 0 Å². The van der Waals surface area contributed by atoms with Gasteiger partial charge in [-0.15, -0.1) is 0 Å². The summed E-state index contributed by atoms with van der Waals surface area (Å²) in [5, 5.41) is 0. The van der Waals surface area contributed by atoms with Crippen molar-refractivity contribution in [3.8, 4) is 0 Å². The molecule has 0 radical (unpaired) electrons. The standard InChI is InChI=1S/C18H37.Nd/c1-3-5-7-9-11-13-15-17-18-16-14-12-10-8-6-4-2;/h1,3-18H2,2H3;. The Morgan fingerprint density at radius 2 is 0.684 bits per heavy atom. The van der Waals surface area contributed by atoms with E-state index in [2.05, 4.69) is 6.92 Å². The molecule has 0 aromatic carbocycles. The van der Waals surface area contributed by atoms with Gasteiger partial charge in [-0.3, -0.25) is 0 Å². The van der Waals surface area contributed by atoms with Gasteiger partial charge in [-0.25, -0.2) is 0 Å². The second-order valence-electron chi connectivity index (χ2n) is 6.05. The monoisotopic (exact) mass is 395 g/mol. The first-order valence-electron chi connectivity index (χ1n) is 9.06. The van der Waals surface area contributed by atoms with Crippen LogP contribution in [-0.4, -0.2) is 0 Å². The van der Waals surface area contributed by atoms with Gasteiger partial charge in [0, 0.05) is 0 Å². The molecular formula is C18H37Nd. The first kappa shape index (κ1) is 20.4. The van der Waals surface area contributed by atoms with E-state index in [4.69, 9.17) is 0 Å². The fourth-order valence-corrected chi connectivity index (χ4v) is 3.48. The molecule has 0 amide bonds. The molecule has 0 unspecified atom stereocenters. The van der Waals surface area contributed by atoms with Crippen LogP contribution < -0.4 is 0 Å². The second kappa shape index (κ2) is 19.4. The predicted octanol–water partition coefficient (Wildman–Crippen LogP) is 7.22. The van der Waals surface area contributed by atoms with Gasteiger partial charge in [0.2, 0.25) is 0 Å². The van der Waals surface area contributed by atoms with Crippen molar-refractivity contribution in [3.05, 3.63) is 0 Å². The van der Waals surface area contributed by atoms with Crippen LogP contribution in [0.2, 0.25) is 2.07 Å². The molecular weight excluding hydrogens is 360 g/mol. The molecule has 0 nitrogen and oxygen atoms in total. The van der Waals surface area contributed by atoms with Gasteiger partial charge in [0.05, 0.1) is 0 Å². The summed E-state index contributed by atoms with van der Waals surface area (Å²) in [6.45, 7) is 2.30. The maximum absolute atomic E-state index is 2.30. The van der Waals surface area contributed by atoms with Gasteiger partial charge < -0.3 is 0 Å². The zero-order valence-electron chi connectivity index (χ0n) is 13.5. The molecule has 0 N–H and O–H groups in total. The van der Waals surface area contributed by atoms with E-state index in [-0.39, 0.29) is 0 Å². The van der Waals surface area contributed by atoms with Crippen LogP contribution in [0.25, 0.3) is 0 Å². The Labute approximate surface area is 149 Å². The van der Waals surface area contributed by atoms with Crippen molar-refractivity contribution in [1.82, 2.24) is 0 Å². The van der Waals surface area contributed by atoms with Crippen molar-refractivity contribution in [3.63, 3.8) is 0 Å². The van der Waals surface area contributed by atoms with Crippen LogP contribution in [-0.2, 0) is 0 Å². The van der Waals surface area contributed by atoms with Gasteiger partial charge >= 0.3 is 111 Å². The third kappa shape index (κ3) is 19.4. The molecule has 0 heterocycles. The average Bonchev–Trinajstić information content (AvgIpc) is 2.43. The molecule has 0 saturated carbocycles. The van der Waals surface area contributed by atoms with Crippen molar-refractivity contribution in [1.29, 1.82) is 0 Å². The number of unbranched alkanes of at least 4 members (excludes halogenated alkanes) is 15. The topological polar surface area (TPSA) is 0 Å². The minimum absolute atomic E-state index is 1.38. The number of hydrogen-bond donors (Lipinski definition) is 0. The molecule has 0 aliphatic rings. The Bertz CT molecular complexity index is 129. The van der Waals surface area contributed by atoms with Gasteiger partial charge in [-0.05, 0) is 0 Å². The predicted molar refractivity (Wildman–Crippen MR) is 84.4 cm³/mol. The van der Waals surface area contributed by atoms with E-state index in [1.807, 2.05) is 0 Å². The molecule has 0 fully saturated rings. The quantitative estimate of drug-likeness (QED) is 0.241. The van der Waals surface area contributed by atoms with Gasteiger partial charge in [0.25, 0.3) is 0 Å². The van der Waals surface area contributed by atoms with E-state index in [9.17, 15) is 0 Å². The number of hydrogen-bond acceptors (Lipinski definition) is 0. The molecule has 0 aliphatic carbocycles. The van der Waals surface area contributed by atoms with E-state index >= 15 is 0 Å². The van der Waals surface area contributed by atoms with Crippen LogP contribution in [0.4, 0.5) is 0 Å². The van der Waals surface area contributed by atoms with Gasteiger partial charge in [-0.1, -0.05) is 39.0 Å². The van der Waals surface area contributed by atoms with Crippen molar-refractivity contribution >= 4 is 0 Å².